The first-order valence-corrected chi connectivity index (χ1v) is 8.83. The van der Waals surface area contributed by atoms with Gasteiger partial charge in [-0.15, -0.1) is 0 Å². The molecule has 0 atom stereocenters. The van der Waals surface area contributed by atoms with Crippen molar-refractivity contribution in [1.29, 1.82) is 0 Å². The minimum absolute atomic E-state index is 0.0567. The third kappa shape index (κ3) is 4.42. The fourth-order valence-corrected chi connectivity index (χ4v) is 3.79. The summed E-state index contributed by atoms with van der Waals surface area (Å²) in [7, 11) is -2.08. The largest absolute Gasteiger partial charge is 0.375 e. The molecule has 0 spiro atoms. The number of rotatable bonds is 5. The van der Waals surface area contributed by atoms with Crippen LogP contribution in [0, 0.1) is 0 Å². The van der Waals surface area contributed by atoms with Gasteiger partial charge in [0.25, 0.3) is 0 Å². The first-order chi connectivity index (χ1) is 10.4. The van der Waals surface area contributed by atoms with Crippen LogP contribution in [0.4, 0.5) is 0 Å². The first-order valence-electron chi connectivity index (χ1n) is 6.97. The summed E-state index contributed by atoms with van der Waals surface area (Å²) in [6.45, 7) is 1.10. The van der Waals surface area contributed by atoms with E-state index in [9.17, 15) is 13.2 Å². The zero-order valence-electron chi connectivity index (χ0n) is 12.3. The predicted octanol–water partition coefficient (Wildman–Crippen LogP) is 1.26. The van der Waals surface area contributed by atoms with Gasteiger partial charge in [-0.2, -0.15) is 0 Å². The molecule has 22 heavy (non-hydrogen) atoms. The number of piperidine rings is 1. The number of hydrogen-bond donors (Lipinski definition) is 1. The molecule has 1 N–H and O–H groups in total. The third-order valence-corrected chi connectivity index (χ3v) is 5.35. The lowest BCUT2D eigenvalue weighted by atomic mass is 10.1. The van der Waals surface area contributed by atoms with Crippen molar-refractivity contribution < 1.29 is 17.9 Å². The summed E-state index contributed by atoms with van der Waals surface area (Å²) in [6.07, 6.45) is 1.17. The van der Waals surface area contributed by atoms with Gasteiger partial charge in [0, 0.05) is 31.3 Å². The number of sulfonamides is 1. The molecule has 1 amide bonds. The van der Waals surface area contributed by atoms with Crippen molar-refractivity contribution in [3.63, 3.8) is 0 Å². The number of benzene rings is 1. The normalized spacial score (nSPS) is 16.7. The Morgan fingerprint density at radius 3 is 2.45 bits per heavy atom. The van der Waals surface area contributed by atoms with Crippen LogP contribution in [-0.4, -0.2) is 52.1 Å². The molecule has 1 aromatic rings. The summed E-state index contributed by atoms with van der Waals surface area (Å²) in [6, 6.07) is 5.86. The molecular formula is C14H19ClN2O4S. The smallest absolute Gasteiger partial charge is 0.248 e. The van der Waals surface area contributed by atoms with Gasteiger partial charge in [0.2, 0.25) is 15.9 Å². The first kappa shape index (κ1) is 17.2. The second-order valence-electron chi connectivity index (χ2n) is 5.16. The molecule has 1 fully saturated rings. The quantitative estimate of drug-likeness (QED) is 0.870. The lowest BCUT2D eigenvalue weighted by Gasteiger charge is -2.32. The van der Waals surface area contributed by atoms with Crippen LogP contribution in [0.3, 0.4) is 0 Å². The molecule has 1 aromatic carbocycles. The highest BCUT2D eigenvalue weighted by atomic mass is 35.5. The van der Waals surface area contributed by atoms with Crippen molar-refractivity contribution in [3.8, 4) is 0 Å². The molecule has 8 heteroatoms. The summed E-state index contributed by atoms with van der Waals surface area (Å²) in [5.41, 5.74) is 0. The number of halogens is 1. The van der Waals surface area contributed by atoms with Crippen molar-refractivity contribution in [3.05, 3.63) is 29.3 Å². The highest BCUT2D eigenvalue weighted by molar-refractivity contribution is 7.89. The number of carbonyl (C=O) groups is 1. The fourth-order valence-electron chi connectivity index (χ4n) is 2.36. The van der Waals surface area contributed by atoms with Crippen LogP contribution in [0.15, 0.2) is 29.2 Å². The monoisotopic (exact) mass is 346 g/mol. The number of nitrogens with zero attached hydrogens (tertiary/aromatic N) is 1. The van der Waals surface area contributed by atoms with Gasteiger partial charge in [0.15, 0.2) is 0 Å². The number of carbonyl (C=O) groups excluding carboxylic acids is 1. The molecule has 6 nitrogen and oxygen atoms in total. The van der Waals surface area contributed by atoms with E-state index in [1.165, 1.54) is 19.2 Å². The van der Waals surface area contributed by atoms with Gasteiger partial charge in [-0.05, 0) is 37.1 Å². The maximum absolute atomic E-state index is 12.3. The number of nitrogens with one attached hydrogen (secondary N) is 1. The maximum Gasteiger partial charge on any atom is 0.248 e. The summed E-state index contributed by atoms with van der Waals surface area (Å²) in [5, 5.41) is 0.490. The topological polar surface area (TPSA) is 75.7 Å². The Morgan fingerprint density at radius 1 is 1.32 bits per heavy atom. The molecule has 0 aliphatic carbocycles. The van der Waals surface area contributed by atoms with Gasteiger partial charge in [-0.1, -0.05) is 11.6 Å². The SMILES string of the molecule is COCC(=O)N1CCC(NS(=O)(=O)c2ccc(Cl)cc2)CC1. The number of hydrogen-bond acceptors (Lipinski definition) is 4. The Morgan fingerprint density at radius 2 is 1.91 bits per heavy atom. The highest BCUT2D eigenvalue weighted by Crippen LogP contribution is 2.17. The van der Waals surface area contributed by atoms with Crippen molar-refractivity contribution in [2.45, 2.75) is 23.8 Å². The summed E-state index contributed by atoms with van der Waals surface area (Å²) in [5.74, 6) is -0.0680. The second kappa shape index (κ2) is 7.41. The fraction of sp³-hybridized carbons (Fsp3) is 0.500. The lowest BCUT2D eigenvalue weighted by molar-refractivity contribution is -0.136. The van der Waals surface area contributed by atoms with Gasteiger partial charge in [-0.3, -0.25) is 4.79 Å². The Hall–Kier alpha value is -1.15. The van der Waals surface area contributed by atoms with Gasteiger partial charge < -0.3 is 9.64 Å². The van der Waals surface area contributed by atoms with Crippen LogP contribution >= 0.6 is 11.6 Å². The Balaban J connectivity index is 1.92. The Bertz CT molecular complexity index is 610. The predicted molar refractivity (Wildman–Crippen MR) is 83.3 cm³/mol. The van der Waals surface area contributed by atoms with E-state index in [2.05, 4.69) is 4.72 Å². The van der Waals surface area contributed by atoms with E-state index in [1.807, 2.05) is 0 Å². The molecule has 1 saturated heterocycles. The zero-order chi connectivity index (χ0) is 16.2. The van der Waals surface area contributed by atoms with E-state index in [4.69, 9.17) is 16.3 Å². The van der Waals surface area contributed by atoms with Crippen LogP contribution in [0.25, 0.3) is 0 Å². The zero-order valence-corrected chi connectivity index (χ0v) is 13.9. The van der Waals surface area contributed by atoms with Crippen LogP contribution in [0.5, 0.6) is 0 Å². The van der Waals surface area contributed by atoms with Crippen LogP contribution < -0.4 is 4.72 Å². The molecule has 0 unspecified atom stereocenters. The number of amides is 1. The Labute approximate surface area is 135 Å². The standard InChI is InChI=1S/C14H19ClN2O4S/c1-21-10-14(18)17-8-6-12(7-9-17)16-22(19,20)13-4-2-11(15)3-5-13/h2-5,12,16H,6-10H2,1H3. The molecule has 1 aliphatic rings. The van der Waals surface area contributed by atoms with E-state index in [0.717, 1.165) is 0 Å². The molecule has 2 rings (SSSR count). The van der Waals surface area contributed by atoms with Gasteiger partial charge in [-0.25, -0.2) is 13.1 Å². The number of methoxy groups -OCH3 is 1. The molecule has 0 aromatic heterocycles. The Kier molecular flexibility index (Phi) is 5.80. The summed E-state index contributed by atoms with van der Waals surface area (Å²) in [4.78, 5) is 13.6. The summed E-state index contributed by atoms with van der Waals surface area (Å²) >= 11 is 5.76. The van der Waals surface area contributed by atoms with Crippen molar-refractivity contribution in [1.82, 2.24) is 9.62 Å². The minimum Gasteiger partial charge on any atom is -0.375 e. The van der Waals surface area contributed by atoms with Gasteiger partial charge in [0.05, 0.1) is 4.90 Å². The number of likely N-dealkylation sites (tertiary alicyclic amines) is 1. The molecule has 0 saturated carbocycles. The minimum atomic E-state index is -3.56. The van der Waals surface area contributed by atoms with Crippen LogP contribution in [0.2, 0.25) is 5.02 Å². The molecule has 1 heterocycles. The second-order valence-corrected chi connectivity index (χ2v) is 7.31. The molecular weight excluding hydrogens is 328 g/mol. The van der Waals surface area contributed by atoms with Crippen molar-refractivity contribution in [2.24, 2.45) is 0 Å². The van der Waals surface area contributed by atoms with Crippen LogP contribution in [0.1, 0.15) is 12.8 Å². The van der Waals surface area contributed by atoms with E-state index in [0.29, 0.717) is 31.0 Å². The molecule has 122 valence electrons. The third-order valence-electron chi connectivity index (χ3n) is 3.56. The maximum atomic E-state index is 12.3. The van der Waals surface area contributed by atoms with E-state index < -0.39 is 10.0 Å². The van der Waals surface area contributed by atoms with Crippen LogP contribution in [-0.2, 0) is 19.6 Å². The van der Waals surface area contributed by atoms with Crippen molar-refractivity contribution >= 4 is 27.5 Å². The highest BCUT2D eigenvalue weighted by Gasteiger charge is 2.26. The molecule has 0 radical (unpaired) electrons. The number of ether oxygens (including phenoxy) is 1. The van der Waals surface area contributed by atoms with Crippen molar-refractivity contribution in [2.75, 3.05) is 26.8 Å². The van der Waals surface area contributed by atoms with E-state index >= 15 is 0 Å². The lowest BCUT2D eigenvalue weighted by Crippen LogP contribution is -2.47. The van der Waals surface area contributed by atoms with E-state index in [-0.39, 0.29) is 23.5 Å². The average molecular weight is 347 g/mol. The molecule has 0 bridgehead atoms. The van der Waals surface area contributed by atoms with Gasteiger partial charge >= 0.3 is 0 Å². The molecule has 1 aliphatic heterocycles. The van der Waals surface area contributed by atoms with Gasteiger partial charge in [0.1, 0.15) is 6.61 Å². The summed E-state index contributed by atoms with van der Waals surface area (Å²) < 4.78 is 32.1. The van der Waals surface area contributed by atoms with E-state index in [1.54, 1.807) is 17.0 Å². The average Bonchev–Trinajstić information content (AvgIpc) is 2.48.